The molecule has 1 aromatic heterocycles. The van der Waals surface area contributed by atoms with Crippen LogP contribution in [0.4, 0.5) is 4.39 Å². The molecule has 1 aromatic carbocycles. The summed E-state index contributed by atoms with van der Waals surface area (Å²) < 4.78 is 13.4. The van der Waals surface area contributed by atoms with Crippen molar-refractivity contribution in [3.63, 3.8) is 0 Å². The first kappa shape index (κ1) is 16.6. The molecular weight excluding hydrogens is 321 g/mol. The number of hydrogen-bond donors (Lipinski definition) is 3. The number of hydrogen-bond acceptors (Lipinski definition) is 4. The van der Waals surface area contributed by atoms with Gasteiger partial charge in [-0.2, -0.15) is 0 Å². The van der Waals surface area contributed by atoms with E-state index in [-0.39, 0.29) is 24.4 Å². The third-order valence-corrected chi connectivity index (χ3v) is 3.69. The van der Waals surface area contributed by atoms with Crippen molar-refractivity contribution in [2.45, 2.75) is 6.42 Å². The van der Waals surface area contributed by atoms with Crippen LogP contribution in [0.3, 0.4) is 0 Å². The summed E-state index contributed by atoms with van der Waals surface area (Å²) in [7, 11) is 0. The summed E-state index contributed by atoms with van der Waals surface area (Å²) in [5.41, 5.74) is 4.11. The Kier molecular flexibility index (Phi) is 5.81. The van der Waals surface area contributed by atoms with Gasteiger partial charge in [-0.1, -0.05) is 18.2 Å². The number of thiophene rings is 1. The van der Waals surface area contributed by atoms with E-state index in [0.717, 1.165) is 6.07 Å². The van der Waals surface area contributed by atoms with Crippen LogP contribution in [0.25, 0.3) is 0 Å². The minimum atomic E-state index is -0.751. The van der Waals surface area contributed by atoms with Gasteiger partial charge < -0.3 is 5.32 Å². The molecule has 6 nitrogen and oxygen atoms in total. The highest BCUT2D eigenvalue weighted by Crippen LogP contribution is 2.07. The number of amides is 3. The number of hydrazine groups is 1. The van der Waals surface area contributed by atoms with Crippen molar-refractivity contribution in [2.24, 2.45) is 0 Å². The number of carbonyl (C=O) groups excluding carboxylic acids is 3. The van der Waals surface area contributed by atoms with Crippen LogP contribution in [0.1, 0.15) is 26.5 Å². The fraction of sp³-hybridized carbons (Fsp3) is 0.133. The van der Waals surface area contributed by atoms with Gasteiger partial charge in [0.05, 0.1) is 10.4 Å². The highest BCUT2D eigenvalue weighted by Gasteiger charge is 2.12. The fourth-order valence-corrected chi connectivity index (χ4v) is 2.33. The Hall–Kier alpha value is -2.74. The molecule has 0 bridgehead atoms. The minimum Gasteiger partial charge on any atom is -0.351 e. The van der Waals surface area contributed by atoms with E-state index in [1.807, 2.05) is 0 Å². The molecule has 0 saturated carbocycles. The molecule has 120 valence electrons. The van der Waals surface area contributed by atoms with Crippen LogP contribution in [-0.4, -0.2) is 24.3 Å². The molecule has 3 N–H and O–H groups in total. The van der Waals surface area contributed by atoms with Gasteiger partial charge in [-0.15, -0.1) is 11.3 Å². The molecule has 0 aliphatic carbocycles. The molecule has 0 unspecified atom stereocenters. The van der Waals surface area contributed by atoms with E-state index >= 15 is 0 Å². The van der Waals surface area contributed by atoms with Crippen molar-refractivity contribution in [3.05, 3.63) is 58.0 Å². The smallest absolute Gasteiger partial charge is 0.272 e. The van der Waals surface area contributed by atoms with E-state index in [9.17, 15) is 18.8 Å². The van der Waals surface area contributed by atoms with Crippen molar-refractivity contribution in [1.82, 2.24) is 16.2 Å². The molecule has 3 amide bonds. The minimum absolute atomic E-state index is 0.0192. The third kappa shape index (κ3) is 4.89. The van der Waals surface area contributed by atoms with Gasteiger partial charge in [0.1, 0.15) is 5.82 Å². The Morgan fingerprint density at radius 3 is 2.48 bits per heavy atom. The van der Waals surface area contributed by atoms with Crippen LogP contribution in [0.15, 0.2) is 41.8 Å². The molecule has 0 fully saturated rings. The first-order valence-corrected chi connectivity index (χ1v) is 7.61. The van der Waals surface area contributed by atoms with Gasteiger partial charge in [0.2, 0.25) is 5.91 Å². The molecule has 23 heavy (non-hydrogen) atoms. The monoisotopic (exact) mass is 335 g/mol. The van der Waals surface area contributed by atoms with Gasteiger partial charge in [-0.25, -0.2) is 4.39 Å². The lowest BCUT2D eigenvalue weighted by Gasteiger charge is -2.08. The van der Waals surface area contributed by atoms with Gasteiger partial charge >= 0.3 is 0 Å². The summed E-state index contributed by atoms with van der Waals surface area (Å²) >= 11 is 1.30. The Morgan fingerprint density at radius 2 is 1.78 bits per heavy atom. The number of nitrogens with one attached hydrogen (secondary N) is 3. The lowest BCUT2D eigenvalue weighted by Crippen LogP contribution is -2.43. The van der Waals surface area contributed by atoms with E-state index in [2.05, 4.69) is 16.2 Å². The van der Waals surface area contributed by atoms with Crippen molar-refractivity contribution in [2.75, 3.05) is 6.54 Å². The van der Waals surface area contributed by atoms with E-state index in [1.54, 1.807) is 17.5 Å². The Bertz CT molecular complexity index is 704. The van der Waals surface area contributed by atoms with Crippen LogP contribution < -0.4 is 16.2 Å². The number of halogens is 1. The van der Waals surface area contributed by atoms with E-state index < -0.39 is 17.6 Å². The number of rotatable bonds is 5. The normalized spacial score (nSPS) is 9.96. The zero-order valence-corrected chi connectivity index (χ0v) is 12.8. The molecule has 0 spiro atoms. The van der Waals surface area contributed by atoms with Gasteiger partial charge in [-0.05, 0) is 23.6 Å². The standard InChI is InChI=1S/C15H14FN3O3S/c16-11-5-2-1-4-10(11)14(21)19-18-13(20)7-8-17-15(22)12-6-3-9-23-12/h1-6,9H,7-8H2,(H,17,22)(H,18,20)(H,19,21). The number of carbonyl (C=O) groups is 3. The molecule has 0 aliphatic rings. The first-order chi connectivity index (χ1) is 11.1. The summed E-state index contributed by atoms with van der Waals surface area (Å²) in [6.45, 7) is 0.123. The average molecular weight is 335 g/mol. The van der Waals surface area contributed by atoms with Crippen molar-refractivity contribution in [1.29, 1.82) is 0 Å². The SMILES string of the molecule is O=C(CCNC(=O)c1cccs1)NNC(=O)c1ccccc1F. The van der Waals surface area contributed by atoms with E-state index in [0.29, 0.717) is 4.88 Å². The van der Waals surface area contributed by atoms with Gasteiger partial charge in [0, 0.05) is 13.0 Å². The van der Waals surface area contributed by atoms with Crippen LogP contribution in [0.2, 0.25) is 0 Å². The molecule has 0 saturated heterocycles. The maximum atomic E-state index is 13.4. The van der Waals surface area contributed by atoms with Crippen LogP contribution in [0.5, 0.6) is 0 Å². The van der Waals surface area contributed by atoms with Gasteiger partial charge in [0.15, 0.2) is 0 Å². The Labute approximate surface area is 135 Å². The molecular formula is C15H14FN3O3S. The summed E-state index contributed by atoms with van der Waals surface area (Å²) in [4.78, 5) is 35.4. The molecule has 1 heterocycles. The summed E-state index contributed by atoms with van der Waals surface area (Å²) in [5, 5.41) is 4.36. The van der Waals surface area contributed by atoms with Gasteiger partial charge in [-0.3, -0.25) is 25.2 Å². The maximum Gasteiger partial charge on any atom is 0.272 e. The first-order valence-electron chi connectivity index (χ1n) is 6.73. The predicted molar refractivity (Wildman–Crippen MR) is 83.3 cm³/mol. The second-order valence-corrected chi connectivity index (χ2v) is 5.41. The second kappa shape index (κ2) is 8.04. The van der Waals surface area contributed by atoms with Crippen molar-refractivity contribution < 1.29 is 18.8 Å². The van der Waals surface area contributed by atoms with Crippen LogP contribution >= 0.6 is 11.3 Å². The summed E-state index contributed by atoms with van der Waals surface area (Å²) in [6.07, 6.45) is -0.0192. The highest BCUT2D eigenvalue weighted by molar-refractivity contribution is 7.12. The van der Waals surface area contributed by atoms with Crippen molar-refractivity contribution in [3.8, 4) is 0 Å². The topological polar surface area (TPSA) is 87.3 Å². The summed E-state index contributed by atoms with van der Waals surface area (Å²) in [6, 6.07) is 8.86. The molecule has 0 aliphatic heterocycles. The predicted octanol–water partition coefficient (Wildman–Crippen LogP) is 1.47. The Morgan fingerprint density at radius 1 is 1.00 bits per heavy atom. The lowest BCUT2D eigenvalue weighted by molar-refractivity contribution is -0.121. The van der Waals surface area contributed by atoms with Gasteiger partial charge in [0.25, 0.3) is 11.8 Å². The largest absolute Gasteiger partial charge is 0.351 e. The molecule has 8 heteroatoms. The molecule has 0 atom stereocenters. The molecule has 2 rings (SSSR count). The highest BCUT2D eigenvalue weighted by atomic mass is 32.1. The van der Waals surface area contributed by atoms with Crippen LogP contribution in [-0.2, 0) is 4.79 Å². The van der Waals surface area contributed by atoms with Crippen molar-refractivity contribution >= 4 is 29.1 Å². The van der Waals surface area contributed by atoms with E-state index in [4.69, 9.17) is 0 Å². The molecule has 0 radical (unpaired) electrons. The number of benzene rings is 1. The Balaban J connectivity index is 1.70. The average Bonchev–Trinajstić information content (AvgIpc) is 3.07. The summed E-state index contributed by atoms with van der Waals surface area (Å²) in [5.74, 6) is -2.19. The zero-order chi connectivity index (χ0) is 16.7. The lowest BCUT2D eigenvalue weighted by atomic mass is 10.2. The quantitative estimate of drug-likeness (QED) is 0.723. The fourth-order valence-electron chi connectivity index (χ4n) is 1.69. The second-order valence-electron chi connectivity index (χ2n) is 4.47. The van der Waals surface area contributed by atoms with Crippen LogP contribution in [0, 0.1) is 5.82 Å². The zero-order valence-electron chi connectivity index (χ0n) is 12.0. The maximum absolute atomic E-state index is 13.4. The van der Waals surface area contributed by atoms with E-state index in [1.165, 1.54) is 29.5 Å². The third-order valence-electron chi connectivity index (χ3n) is 2.82. The molecule has 2 aromatic rings.